The van der Waals surface area contributed by atoms with Crippen LogP contribution < -0.4 is 10.6 Å². The molecule has 1 aliphatic heterocycles. The number of anilines is 1. The van der Waals surface area contributed by atoms with Crippen LogP contribution in [0.15, 0.2) is 24.3 Å². The molecule has 2 heterocycles. The van der Waals surface area contributed by atoms with E-state index in [9.17, 15) is 15.0 Å². The van der Waals surface area contributed by atoms with E-state index in [1.54, 1.807) is 6.07 Å². The maximum Gasteiger partial charge on any atom is 0.241 e. The molecule has 6 heteroatoms. The van der Waals surface area contributed by atoms with E-state index in [0.29, 0.717) is 24.2 Å². The molecule has 1 saturated heterocycles. The van der Waals surface area contributed by atoms with Gasteiger partial charge in [0.15, 0.2) is 0 Å². The molecule has 1 aromatic carbocycles. The first-order valence-electron chi connectivity index (χ1n) is 7.31. The minimum atomic E-state index is -0.482. The van der Waals surface area contributed by atoms with Gasteiger partial charge in [-0.15, -0.1) is 0 Å². The number of aryl methyl sites for hydroxylation is 1. The fourth-order valence-electron chi connectivity index (χ4n) is 2.83. The number of β-amino-alcohol motifs (C(OH)–C–C–N with tert-alkyl or cyclic N) is 1. The third-order valence-electron chi connectivity index (χ3n) is 3.91. The molecule has 0 spiro atoms. The van der Waals surface area contributed by atoms with Crippen molar-refractivity contribution in [3.63, 3.8) is 0 Å². The molecule has 0 bridgehead atoms. The minimum Gasteiger partial charge on any atom is -0.392 e. The van der Waals surface area contributed by atoms with Crippen molar-refractivity contribution in [2.75, 3.05) is 11.9 Å². The number of aliphatic hydroxyl groups is 2. The lowest BCUT2D eigenvalue weighted by atomic mass is 10.1. The van der Waals surface area contributed by atoms with Crippen LogP contribution in [0.3, 0.4) is 0 Å². The number of nitrogens with one attached hydrogen (secondary N) is 2. The molecular weight excluding hydrogens is 282 g/mol. The van der Waals surface area contributed by atoms with Crippen molar-refractivity contribution in [2.24, 2.45) is 0 Å². The summed E-state index contributed by atoms with van der Waals surface area (Å²) in [4.78, 5) is 16.8. The topological polar surface area (TPSA) is 94.5 Å². The second kappa shape index (κ2) is 6.00. The Morgan fingerprint density at radius 1 is 1.50 bits per heavy atom. The SMILES string of the molecule is Cc1cc(CO)c2cccc(NC(=O)[C@@H]3C[C@@H](O)CN3)c2n1. The van der Waals surface area contributed by atoms with Crippen molar-refractivity contribution in [3.8, 4) is 0 Å². The number of hydrogen-bond donors (Lipinski definition) is 4. The van der Waals surface area contributed by atoms with Crippen LogP contribution in [0.25, 0.3) is 10.9 Å². The van der Waals surface area contributed by atoms with Crippen molar-refractivity contribution in [1.82, 2.24) is 10.3 Å². The summed E-state index contributed by atoms with van der Waals surface area (Å²) in [6.45, 7) is 2.21. The predicted octanol–water partition coefficient (Wildman–Crippen LogP) is 0.697. The summed E-state index contributed by atoms with van der Waals surface area (Å²) < 4.78 is 0. The molecule has 0 aliphatic carbocycles. The fourth-order valence-corrected chi connectivity index (χ4v) is 2.83. The van der Waals surface area contributed by atoms with Crippen LogP contribution in [0.4, 0.5) is 5.69 Å². The average molecular weight is 301 g/mol. The van der Waals surface area contributed by atoms with Crippen LogP contribution in [0, 0.1) is 6.92 Å². The maximum absolute atomic E-state index is 12.3. The lowest BCUT2D eigenvalue weighted by molar-refractivity contribution is -0.117. The quantitative estimate of drug-likeness (QED) is 0.669. The smallest absolute Gasteiger partial charge is 0.241 e. The Morgan fingerprint density at radius 2 is 2.32 bits per heavy atom. The zero-order valence-corrected chi connectivity index (χ0v) is 12.3. The van der Waals surface area contributed by atoms with Crippen molar-refractivity contribution in [3.05, 3.63) is 35.5 Å². The molecule has 1 amide bonds. The number of benzene rings is 1. The zero-order chi connectivity index (χ0) is 15.7. The Kier molecular flexibility index (Phi) is 4.06. The number of para-hydroxylation sites is 1. The standard InChI is InChI=1S/C16H19N3O3/c1-9-5-10(8-20)12-3-2-4-13(15(12)18-9)19-16(22)14-6-11(21)7-17-14/h2-5,11,14,17,20-21H,6-8H2,1H3,(H,19,22)/t11-,14+/m1/s1. The van der Waals surface area contributed by atoms with E-state index < -0.39 is 12.1 Å². The van der Waals surface area contributed by atoms with Gasteiger partial charge < -0.3 is 20.8 Å². The summed E-state index contributed by atoms with van der Waals surface area (Å²) in [5.74, 6) is -0.182. The Morgan fingerprint density at radius 3 is 3.00 bits per heavy atom. The first-order valence-corrected chi connectivity index (χ1v) is 7.31. The normalized spacial score (nSPS) is 21.2. The van der Waals surface area contributed by atoms with E-state index in [4.69, 9.17) is 0 Å². The molecule has 2 atom stereocenters. The number of nitrogens with zero attached hydrogens (tertiary/aromatic N) is 1. The van der Waals surface area contributed by atoms with Crippen LogP contribution in [0.2, 0.25) is 0 Å². The Bertz CT molecular complexity index is 717. The summed E-state index contributed by atoms with van der Waals surface area (Å²) in [5.41, 5.74) is 2.85. The molecule has 0 unspecified atom stereocenters. The van der Waals surface area contributed by atoms with Crippen molar-refractivity contribution in [2.45, 2.75) is 32.1 Å². The van der Waals surface area contributed by atoms with E-state index in [2.05, 4.69) is 15.6 Å². The highest BCUT2D eigenvalue weighted by molar-refractivity contribution is 6.03. The number of carbonyl (C=O) groups excluding carboxylic acids is 1. The van der Waals surface area contributed by atoms with Gasteiger partial charge in [-0.25, -0.2) is 0 Å². The van der Waals surface area contributed by atoms with E-state index in [0.717, 1.165) is 16.6 Å². The minimum absolute atomic E-state index is 0.0758. The second-order valence-corrected chi connectivity index (χ2v) is 5.62. The van der Waals surface area contributed by atoms with Crippen LogP contribution >= 0.6 is 0 Å². The second-order valence-electron chi connectivity index (χ2n) is 5.62. The van der Waals surface area contributed by atoms with Crippen LogP contribution in [-0.2, 0) is 11.4 Å². The van der Waals surface area contributed by atoms with Gasteiger partial charge in [0, 0.05) is 17.6 Å². The average Bonchev–Trinajstić information content (AvgIpc) is 2.94. The fraction of sp³-hybridized carbons (Fsp3) is 0.375. The highest BCUT2D eigenvalue weighted by Crippen LogP contribution is 2.26. The van der Waals surface area contributed by atoms with Gasteiger partial charge in [0.25, 0.3) is 0 Å². The Labute approximate surface area is 128 Å². The number of aliphatic hydroxyl groups excluding tert-OH is 2. The molecule has 0 saturated carbocycles. The van der Waals surface area contributed by atoms with Gasteiger partial charge in [-0.2, -0.15) is 0 Å². The monoisotopic (exact) mass is 301 g/mol. The van der Waals surface area contributed by atoms with Crippen molar-refractivity contribution >= 4 is 22.5 Å². The summed E-state index contributed by atoms with van der Waals surface area (Å²) >= 11 is 0. The summed E-state index contributed by atoms with van der Waals surface area (Å²) in [7, 11) is 0. The molecule has 4 N–H and O–H groups in total. The summed E-state index contributed by atoms with van der Waals surface area (Å²) in [6.07, 6.45) is -0.0741. The zero-order valence-electron chi connectivity index (χ0n) is 12.3. The first kappa shape index (κ1) is 14.9. The number of pyridine rings is 1. The lowest BCUT2D eigenvalue weighted by Crippen LogP contribution is -2.35. The Balaban J connectivity index is 1.94. The molecule has 3 rings (SSSR count). The lowest BCUT2D eigenvalue weighted by Gasteiger charge is -2.14. The number of hydrogen-bond acceptors (Lipinski definition) is 5. The number of rotatable bonds is 3. The van der Waals surface area contributed by atoms with E-state index >= 15 is 0 Å². The Hall–Kier alpha value is -2.02. The van der Waals surface area contributed by atoms with Crippen LogP contribution in [0.5, 0.6) is 0 Å². The highest BCUT2D eigenvalue weighted by Gasteiger charge is 2.28. The third-order valence-corrected chi connectivity index (χ3v) is 3.91. The van der Waals surface area contributed by atoms with Gasteiger partial charge in [-0.05, 0) is 31.0 Å². The largest absolute Gasteiger partial charge is 0.392 e. The highest BCUT2D eigenvalue weighted by atomic mass is 16.3. The van der Waals surface area contributed by atoms with Gasteiger partial charge in [-0.1, -0.05) is 12.1 Å². The molecule has 22 heavy (non-hydrogen) atoms. The number of fused-ring (bicyclic) bond motifs is 1. The molecule has 1 aliphatic rings. The number of carbonyl (C=O) groups is 1. The molecular formula is C16H19N3O3. The van der Waals surface area contributed by atoms with Crippen LogP contribution in [-0.4, -0.2) is 39.8 Å². The number of aromatic nitrogens is 1. The molecule has 1 fully saturated rings. The number of amides is 1. The molecule has 0 radical (unpaired) electrons. The molecule has 116 valence electrons. The van der Waals surface area contributed by atoms with Gasteiger partial charge in [0.1, 0.15) is 0 Å². The van der Waals surface area contributed by atoms with Gasteiger partial charge >= 0.3 is 0 Å². The van der Waals surface area contributed by atoms with Gasteiger partial charge in [0.05, 0.1) is 30.0 Å². The third kappa shape index (κ3) is 2.81. The molecule has 1 aromatic heterocycles. The van der Waals surface area contributed by atoms with Gasteiger partial charge in [0.2, 0.25) is 5.91 Å². The van der Waals surface area contributed by atoms with Crippen molar-refractivity contribution < 1.29 is 15.0 Å². The van der Waals surface area contributed by atoms with E-state index in [1.807, 2.05) is 25.1 Å². The van der Waals surface area contributed by atoms with Crippen molar-refractivity contribution in [1.29, 1.82) is 0 Å². The summed E-state index contributed by atoms with van der Waals surface area (Å²) in [6, 6.07) is 6.93. The maximum atomic E-state index is 12.3. The first-order chi connectivity index (χ1) is 10.6. The molecule has 6 nitrogen and oxygen atoms in total. The molecule has 2 aromatic rings. The predicted molar refractivity (Wildman–Crippen MR) is 83.4 cm³/mol. The summed E-state index contributed by atoms with van der Waals surface area (Å²) in [5, 5.41) is 25.7. The van der Waals surface area contributed by atoms with E-state index in [1.165, 1.54) is 0 Å². The van der Waals surface area contributed by atoms with Crippen LogP contribution in [0.1, 0.15) is 17.7 Å². The van der Waals surface area contributed by atoms with E-state index in [-0.39, 0.29) is 12.5 Å². The van der Waals surface area contributed by atoms with Gasteiger partial charge in [-0.3, -0.25) is 9.78 Å².